The van der Waals surface area contributed by atoms with Crippen LogP contribution in [0.1, 0.15) is 35.4 Å². The summed E-state index contributed by atoms with van der Waals surface area (Å²) < 4.78 is 84.5. The Bertz CT molecular complexity index is 823. The Morgan fingerprint density at radius 2 is 1.57 bits per heavy atom. The average molecular weight is 416 g/mol. The molecule has 0 aromatic heterocycles. The smallest absolute Gasteiger partial charge is 1.00 e. The number of aryl methyl sites for hydroxylation is 1. The van der Waals surface area contributed by atoms with Crippen molar-refractivity contribution in [2.75, 3.05) is 6.61 Å². The number of rotatable bonds is 5. The molecule has 0 aliphatic heterocycles. The molecule has 0 heterocycles. The zero-order valence-electron chi connectivity index (χ0n) is 16.3. The van der Waals surface area contributed by atoms with Crippen molar-refractivity contribution in [2.45, 2.75) is 26.2 Å². The SMILES string of the molecule is CCOc1ccc(PC(=O)c2c(C(F)(F)F)cccc2C(F)(F)F)c(C)c1.[H-].[Li+]. The van der Waals surface area contributed by atoms with Crippen LogP contribution >= 0.6 is 8.58 Å². The molecule has 2 nitrogen and oxygen atoms in total. The maximum atomic E-state index is 13.2. The molecule has 0 saturated carbocycles. The van der Waals surface area contributed by atoms with E-state index in [9.17, 15) is 31.1 Å². The first-order chi connectivity index (χ1) is 12.4. The molecule has 0 N–H and O–H groups in total. The Labute approximate surface area is 173 Å². The molecule has 2 aromatic carbocycles. The Hall–Kier alpha value is -1.48. The Kier molecular flexibility index (Phi) is 8.19. The minimum atomic E-state index is -5.08. The van der Waals surface area contributed by atoms with Gasteiger partial charge in [-0.25, -0.2) is 0 Å². The summed E-state index contributed by atoms with van der Waals surface area (Å²) in [6, 6.07) is 6.19. The number of halogens is 6. The molecule has 2 rings (SSSR count). The van der Waals surface area contributed by atoms with Crippen LogP contribution in [0.4, 0.5) is 26.3 Å². The van der Waals surface area contributed by atoms with Crippen molar-refractivity contribution >= 4 is 19.4 Å². The molecule has 10 heteroatoms. The summed E-state index contributed by atoms with van der Waals surface area (Å²) in [5, 5.41) is 0.355. The Balaban J connectivity index is 0.00000392. The third-order valence-corrected chi connectivity index (χ3v) is 4.97. The summed E-state index contributed by atoms with van der Waals surface area (Å²) in [6.45, 7) is 3.77. The van der Waals surface area contributed by atoms with Crippen molar-refractivity contribution < 1.29 is 56.2 Å². The number of alkyl halides is 6. The maximum Gasteiger partial charge on any atom is 1.00 e. The van der Waals surface area contributed by atoms with Crippen LogP contribution < -0.4 is 28.9 Å². The fourth-order valence-electron chi connectivity index (χ4n) is 2.49. The van der Waals surface area contributed by atoms with E-state index in [-0.39, 0.29) is 20.3 Å². The van der Waals surface area contributed by atoms with Gasteiger partial charge in [-0.05, 0) is 57.6 Å². The summed E-state index contributed by atoms with van der Waals surface area (Å²) in [7, 11) is -0.891. The van der Waals surface area contributed by atoms with Crippen LogP contribution in [0.5, 0.6) is 5.75 Å². The van der Waals surface area contributed by atoms with Crippen molar-refractivity contribution in [3.63, 3.8) is 0 Å². The molecule has 28 heavy (non-hydrogen) atoms. The number of ether oxygens (including phenoxy) is 1. The summed E-state index contributed by atoms with van der Waals surface area (Å²) in [5.41, 5.74) is -5.19. The molecule has 0 fully saturated rings. The molecule has 148 valence electrons. The van der Waals surface area contributed by atoms with Crippen molar-refractivity contribution in [3.8, 4) is 5.75 Å². The van der Waals surface area contributed by atoms with E-state index in [0.29, 0.717) is 41.4 Å². The van der Waals surface area contributed by atoms with E-state index in [1.54, 1.807) is 19.9 Å². The minimum Gasteiger partial charge on any atom is -1.00 e. The normalized spacial score (nSPS) is 12.1. The van der Waals surface area contributed by atoms with E-state index in [1.165, 1.54) is 12.1 Å². The monoisotopic (exact) mass is 416 g/mol. The van der Waals surface area contributed by atoms with Crippen LogP contribution in [0.2, 0.25) is 0 Å². The molecule has 0 radical (unpaired) electrons. The van der Waals surface area contributed by atoms with Gasteiger partial charge in [0.1, 0.15) is 5.75 Å². The molecule has 1 unspecified atom stereocenters. The first kappa shape index (κ1) is 24.6. The van der Waals surface area contributed by atoms with Crippen molar-refractivity contribution in [3.05, 3.63) is 58.7 Å². The van der Waals surface area contributed by atoms with Gasteiger partial charge >= 0.3 is 31.2 Å². The quantitative estimate of drug-likeness (QED) is 0.426. The molecule has 1 atom stereocenters. The van der Waals surface area contributed by atoms with Crippen LogP contribution in [-0.2, 0) is 12.4 Å². The molecule has 0 aliphatic carbocycles. The number of hydrogen-bond donors (Lipinski definition) is 0. The van der Waals surface area contributed by atoms with Crippen LogP contribution in [0.3, 0.4) is 0 Å². The second-order valence-corrected chi connectivity index (χ2v) is 6.83. The number of hydrogen-bond acceptors (Lipinski definition) is 2. The number of carbonyl (C=O) groups excluding carboxylic acids is 1. The maximum absolute atomic E-state index is 13.2. The molecular weight excluding hydrogens is 400 g/mol. The van der Waals surface area contributed by atoms with E-state index in [2.05, 4.69) is 0 Å². The van der Waals surface area contributed by atoms with Gasteiger partial charge in [-0.3, -0.25) is 4.79 Å². The van der Waals surface area contributed by atoms with Crippen molar-refractivity contribution in [1.29, 1.82) is 0 Å². The van der Waals surface area contributed by atoms with Gasteiger partial charge in [-0.2, -0.15) is 26.3 Å². The zero-order valence-corrected chi connectivity index (χ0v) is 16.3. The molecular formula is C18H16F6LiO2P. The molecule has 0 saturated heterocycles. The second-order valence-electron chi connectivity index (χ2n) is 5.59. The Morgan fingerprint density at radius 3 is 2.00 bits per heavy atom. The minimum absolute atomic E-state index is 0. The van der Waals surface area contributed by atoms with E-state index < -0.39 is 43.1 Å². The molecule has 0 spiro atoms. The van der Waals surface area contributed by atoms with Gasteiger partial charge in [0.15, 0.2) is 5.52 Å². The Morgan fingerprint density at radius 1 is 1.04 bits per heavy atom. The zero-order chi connectivity index (χ0) is 20.4. The van der Waals surface area contributed by atoms with E-state index in [1.807, 2.05) is 0 Å². The first-order valence-electron chi connectivity index (χ1n) is 7.77. The van der Waals surface area contributed by atoms with Gasteiger partial charge in [0.05, 0.1) is 17.7 Å². The van der Waals surface area contributed by atoms with Crippen molar-refractivity contribution in [1.82, 2.24) is 0 Å². The summed E-state index contributed by atoms with van der Waals surface area (Å²) >= 11 is 0. The van der Waals surface area contributed by atoms with Gasteiger partial charge < -0.3 is 6.16 Å². The summed E-state index contributed by atoms with van der Waals surface area (Å²) in [4.78, 5) is 12.5. The molecule has 0 bridgehead atoms. The van der Waals surface area contributed by atoms with Crippen LogP contribution in [0, 0.1) is 6.92 Å². The number of benzene rings is 2. The topological polar surface area (TPSA) is 26.3 Å². The van der Waals surface area contributed by atoms with Crippen LogP contribution in [0.25, 0.3) is 0 Å². The van der Waals surface area contributed by atoms with Crippen molar-refractivity contribution in [2.24, 2.45) is 0 Å². The molecule has 0 aliphatic rings. The average Bonchev–Trinajstić information content (AvgIpc) is 2.55. The third kappa shape index (κ3) is 5.76. The van der Waals surface area contributed by atoms with Crippen LogP contribution in [0.15, 0.2) is 36.4 Å². The van der Waals surface area contributed by atoms with E-state index in [4.69, 9.17) is 4.74 Å². The van der Waals surface area contributed by atoms with Gasteiger partial charge in [0.25, 0.3) is 0 Å². The third-order valence-electron chi connectivity index (χ3n) is 3.66. The fourth-order valence-corrected chi connectivity index (χ4v) is 3.56. The standard InChI is InChI=1S/C18H15F6O2P.Li.H/c1-3-26-11-7-8-14(10(2)9-11)27-16(25)15-12(17(19,20)21)5-4-6-13(15)18(22,23)24;;/h4-9,27H,3H2,1-2H3;;/q;+1;-1. The van der Waals surface area contributed by atoms with Crippen LogP contribution in [-0.4, -0.2) is 12.1 Å². The summed E-state index contributed by atoms with van der Waals surface area (Å²) in [6.07, 6.45) is -10.2. The van der Waals surface area contributed by atoms with Gasteiger partial charge in [0.2, 0.25) is 0 Å². The summed E-state index contributed by atoms with van der Waals surface area (Å²) in [5.74, 6) is 0.502. The van der Waals surface area contributed by atoms with E-state index in [0.717, 1.165) is 0 Å². The number of carbonyl (C=O) groups is 1. The predicted molar refractivity (Wildman–Crippen MR) is 92.2 cm³/mol. The first-order valence-corrected chi connectivity index (χ1v) is 8.77. The molecule has 2 aromatic rings. The van der Waals surface area contributed by atoms with Gasteiger partial charge in [-0.1, -0.05) is 12.1 Å². The van der Waals surface area contributed by atoms with E-state index >= 15 is 0 Å². The fraction of sp³-hybridized carbons (Fsp3) is 0.278. The molecule has 0 amide bonds. The largest absolute Gasteiger partial charge is 1.00 e. The second kappa shape index (κ2) is 9.34. The predicted octanol–water partition coefficient (Wildman–Crippen LogP) is 2.69. The van der Waals surface area contributed by atoms with Gasteiger partial charge in [-0.15, -0.1) is 0 Å². The van der Waals surface area contributed by atoms with Gasteiger partial charge in [0, 0.05) is 5.56 Å².